The van der Waals surface area contributed by atoms with Crippen molar-refractivity contribution in [2.45, 2.75) is 18.6 Å². The predicted molar refractivity (Wildman–Crippen MR) is 78.0 cm³/mol. The van der Waals surface area contributed by atoms with E-state index in [0.717, 1.165) is 6.07 Å². The topological polar surface area (TPSA) is 72.2 Å². The first-order valence-corrected chi connectivity index (χ1v) is 8.29. The van der Waals surface area contributed by atoms with Gasteiger partial charge < -0.3 is 11.1 Å². The van der Waals surface area contributed by atoms with Gasteiger partial charge in [-0.2, -0.15) is 13.2 Å². The quantitative estimate of drug-likeness (QED) is 0.824. The minimum Gasteiger partial charge on any atom is -0.389 e. The van der Waals surface area contributed by atoms with E-state index in [1.54, 1.807) is 0 Å². The largest absolute Gasteiger partial charge is 0.417 e. The van der Waals surface area contributed by atoms with Crippen LogP contribution in [0.3, 0.4) is 0 Å². The number of sulfone groups is 1. The summed E-state index contributed by atoms with van der Waals surface area (Å²) in [7, 11) is -3.07. The van der Waals surface area contributed by atoms with Crippen LogP contribution in [0.25, 0.3) is 0 Å². The van der Waals surface area contributed by atoms with Crippen molar-refractivity contribution >= 4 is 32.7 Å². The molecule has 1 aliphatic heterocycles. The molecule has 4 nitrogen and oxygen atoms in total. The summed E-state index contributed by atoms with van der Waals surface area (Å²) in [5.74, 6) is 0.0455. The van der Waals surface area contributed by atoms with Crippen LogP contribution in [0.5, 0.6) is 0 Å². The SMILES string of the molecule is NC(=S)c1cc(NC2CCS(=O)(=O)C2)ccc1C(F)(F)F. The van der Waals surface area contributed by atoms with Crippen LogP contribution in [-0.2, 0) is 16.0 Å². The lowest BCUT2D eigenvalue weighted by molar-refractivity contribution is -0.137. The standard InChI is InChI=1S/C12H13F3N2O2S2/c13-12(14,15)10-2-1-7(5-9(10)11(16)20)17-8-3-4-21(18,19)6-8/h1-2,5,8,17H,3-4,6H2,(H2,16,20). The number of halogens is 3. The Morgan fingerprint density at radius 3 is 2.52 bits per heavy atom. The molecule has 0 saturated carbocycles. The van der Waals surface area contributed by atoms with Gasteiger partial charge in [0.2, 0.25) is 0 Å². The monoisotopic (exact) mass is 338 g/mol. The highest BCUT2D eigenvalue weighted by atomic mass is 32.2. The van der Waals surface area contributed by atoms with E-state index in [2.05, 4.69) is 17.5 Å². The number of thiocarbonyl (C=S) groups is 1. The molecule has 2 rings (SSSR count). The summed E-state index contributed by atoms with van der Waals surface area (Å²) < 4.78 is 61.2. The molecule has 1 aliphatic rings. The zero-order valence-corrected chi connectivity index (χ0v) is 12.4. The van der Waals surface area contributed by atoms with Crippen LogP contribution in [0.1, 0.15) is 17.5 Å². The van der Waals surface area contributed by atoms with Crippen LogP contribution in [-0.4, -0.2) is 31.0 Å². The molecule has 1 unspecified atom stereocenters. The van der Waals surface area contributed by atoms with E-state index in [4.69, 9.17) is 5.73 Å². The molecule has 1 atom stereocenters. The first kappa shape index (κ1) is 16.0. The first-order valence-electron chi connectivity index (χ1n) is 6.06. The Hall–Kier alpha value is -1.35. The van der Waals surface area contributed by atoms with Crippen LogP contribution >= 0.6 is 12.2 Å². The van der Waals surface area contributed by atoms with Gasteiger partial charge in [0.15, 0.2) is 9.84 Å². The average molecular weight is 338 g/mol. The maximum atomic E-state index is 12.8. The fourth-order valence-electron chi connectivity index (χ4n) is 2.23. The lowest BCUT2D eigenvalue weighted by Gasteiger charge is -2.16. The molecule has 0 bridgehead atoms. The zero-order valence-electron chi connectivity index (χ0n) is 10.8. The van der Waals surface area contributed by atoms with E-state index in [9.17, 15) is 21.6 Å². The van der Waals surface area contributed by atoms with Crippen LogP contribution < -0.4 is 11.1 Å². The molecule has 21 heavy (non-hydrogen) atoms. The molecule has 9 heteroatoms. The van der Waals surface area contributed by atoms with Gasteiger partial charge >= 0.3 is 6.18 Å². The third-order valence-corrected chi connectivity index (χ3v) is 5.18. The Labute approximate surface area is 125 Å². The van der Waals surface area contributed by atoms with Gasteiger partial charge in [-0.1, -0.05) is 12.2 Å². The summed E-state index contributed by atoms with van der Waals surface area (Å²) in [6.45, 7) is 0. The van der Waals surface area contributed by atoms with Gasteiger partial charge in [0.1, 0.15) is 4.99 Å². The number of benzene rings is 1. The van der Waals surface area contributed by atoms with Gasteiger partial charge in [0, 0.05) is 17.3 Å². The Morgan fingerprint density at radius 2 is 2.05 bits per heavy atom. The highest BCUT2D eigenvalue weighted by Crippen LogP contribution is 2.33. The molecule has 0 aromatic heterocycles. The van der Waals surface area contributed by atoms with Crippen molar-refractivity contribution in [3.63, 3.8) is 0 Å². The second kappa shape index (κ2) is 5.45. The van der Waals surface area contributed by atoms with Gasteiger partial charge in [-0.25, -0.2) is 8.42 Å². The zero-order chi connectivity index (χ0) is 15.8. The van der Waals surface area contributed by atoms with Gasteiger partial charge in [0.25, 0.3) is 0 Å². The third-order valence-electron chi connectivity index (χ3n) is 3.19. The van der Waals surface area contributed by atoms with Crippen molar-refractivity contribution < 1.29 is 21.6 Å². The number of nitrogens with two attached hydrogens (primary N) is 1. The Balaban J connectivity index is 2.27. The predicted octanol–water partition coefficient (Wildman–Crippen LogP) is 1.94. The molecule has 1 aromatic carbocycles. The normalized spacial score (nSPS) is 21.2. The summed E-state index contributed by atoms with van der Waals surface area (Å²) in [6, 6.07) is 3.03. The minimum absolute atomic E-state index is 0.0313. The number of rotatable bonds is 3. The summed E-state index contributed by atoms with van der Waals surface area (Å²) in [6.07, 6.45) is -4.13. The lowest BCUT2D eigenvalue weighted by Crippen LogP contribution is -2.22. The molecule has 0 spiro atoms. The highest BCUT2D eigenvalue weighted by molar-refractivity contribution is 7.91. The molecule has 1 heterocycles. The van der Waals surface area contributed by atoms with Crippen molar-refractivity contribution in [2.75, 3.05) is 16.8 Å². The van der Waals surface area contributed by atoms with E-state index in [0.29, 0.717) is 12.1 Å². The first-order chi connectivity index (χ1) is 9.58. The lowest BCUT2D eigenvalue weighted by atomic mass is 10.1. The molecule has 1 saturated heterocycles. The van der Waals surface area contributed by atoms with Gasteiger partial charge in [0.05, 0.1) is 17.1 Å². The minimum atomic E-state index is -4.55. The Bertz CT molecular complexity index is 672. The molecule has 0 amide bonds. The smallest absolute Gasteiger partial charge is 0.389 e. The van der Waals surface area contributed by atoms with E-state index in [1.165, 1.54) is 12.1 Å². The number of alkyl halides is 3. The molecule has 1 aromatic rings. The van der Waals surface area contributed by atoms with E-state index < -0.39 is 21.6 Å². The van der Waals surface area contributed by atoms with Crippen LogP contribution in [0, 0.1) is 0 Å². The van der Waals surface area contributed by atoms with Crippen LogP contribution in [0.15, 0.2) is 18.2 Å². The number of hydrogen-bond donors (Lipinski definition) is 2. The fraction of sp³-hybridized carbons (Fsp3) is 0.417. The van der Waals surface area contributed by atoms with Gasteiger partial charge in [-0.3, -0.25) is 0 Å². The van der Waals surface area contributed by atoms with Crippen molar-refractivity contribution in [1.29, 1.82) is 0 Å². The molecule has 0 aliphatic carbocycles. The van der Waals surface area contributed by atoms with Crippen molar-refractivity contribution in [3.8, 4) is 0 Å². The fourth-order valence-corrected chi connectivity index (χ4v) is 4.07. The molecule has 3 N–H and O–H groups in total. The molecule has 0 radical (unpaired) electrons. The van der Waals surface area contributed by atoms with Crippen molar-refractivity contribution in [2.24, 2.45) is 5.73 Å². The van der Waals surface area contributed by atoms with E-state index >= 15 is 0 Å². The summed E-state index contributed by atoms with van der Waals surface area (Å²) in [5, 5.41) is 2.91. The number of anilines is 1. The highest BCUT2D eigenvalue weighted by Gasteiger charge is 2.34. The maximum Gasteiger partial charge on any atom is 0.417 e. The number of hydrogen-bond acceptors (Lipinski definition) is 4. The van der Waals surface area contributed by atoms with E-state index in [-0.39, 0.29) is 28.1 Å². The average Bonchev–Trinajstić information content (AvgIpc) is 2.67. The molecule has 1 fully saturated rings. The third kappa shape index (κ3) is 3.85. The second-order valence-electron chi connectivity index (χ2n) is 4.87. The van der Waals surface area contributed by atoms with Gasteiger partial charge in [-0.05, 0) is 24.6 Å². The van der Waals surface area contributed by atoms with Crippen LogP contribution in [0.2, 0.25) is 0 Å². The Morgan fingerprint density at radius 1 is 1.38 bits per heavy atom. The van der Waals surface area contributed by atoms with E-state index in [1.807, 2.05) is 0 Å². The van der Waals surface area contributed by atoms with Crippen molar-refractivity contribution in [3.05, 3.63) is 29.3 Å². The van der Waals surface area contributed by atoms with Crippen molar-refractivity contribution in [1.82, 2.24) is 0 Å². The molecular formula is C12H13F3N2O2S2. The van der Waals surface area contributed by atoms with Crippen LogP contribution in [0.4, 0.5) is 18.9 Å². The summed E-state index contributed by atoms with van der Waals surface area (Å²) in [5.41, 5.74) is 4.53. The molecular weight excluding hydrogens is 325 g/mol. The number of nitrogens with one attached hydrogen (secondary N) is 1. The summed E-state index contributed by atoms with van der Waals surface area (Å²) >= 11 is 4.65. The maximum absolute atomic E-state index is 12.8. The molecule has 116 valence electrons. The Kier molecular flexibility index (Phi) is 4.16. The second-order valence-corrected chi connectivity index (χ2v) is 7.54. The van der Waals surface area contributed by atoms with Gasteiger partial charge in [-0.15, -0.1) is 0 Å². The summed E-state index contributed by atoms with van der Waals surface area (Å²) in [4.78, 5) is -0.356.